The first-order chi connectivity index (χ1) is 15.2. The quantitative estimate of drug-likeness (QED) is 0.316. The molecule has 3 aromatic rings. The molecule has 0 unspecified atom stereocenters. The zero-order valence-electron chi connectivity index (χ0n) is 18.1. The van der Waals surface area contributed by atoms with Crippen LogP contribution in [0.5, 0.6) is 17.2 Å². The lowest BCUT2D eigenvalue weighted by atomic mass is 9.92. The van der Waals surface area contributed by atoms with Gasteiger partial charge in [-0.15, -0.1) is 0 Å². The van der Waals surface area contributed by atoms with Crippen molar-refractivity contribution in [3.8, 4) is 28.6 Å². The van der Waals surface area contributed by atoms with E-state index in [0.29, 0.717) is 12.6 Å². The number of rotatable bonds is 9. The first-order valence-corrected chi connectivity index (χ1v) is 10.5. The molecule has 0 N–H and O–H groups in total. The van der Waals surface area contributed by atoms with Gasteiger partial charge < -0.3 is 18.8 Å². The second-order valence-electron chi connectivity index (χ2n) is 7.54. The normalized spacial score (nSPS) is 13.7. The molecular formula is C26H28N2O3. The van der Waals surface area contributed by atoms with E-state index in [2.05, 4.69) is 29.5 Å². The summed E-state index contributed by atoms with van der Waals surface area (Å²) in [5, 5.41) is 0. The summed E-state index contributed by atoms with van der Waals surface area (Å²) in [4.78, 5) is 4.69. The summed E-state index contributed by atoms with van der Waals surface area (Å²) in [5.41, 5.74) is 3.04. The number of ether oxygens (including phenoxy) is 3. The van der Waals surface area contributed by atoms with Gasteiger partial charge in [0.2, 0.25) is 0 Å². The van der Waals surface area contributed by atoms with E-state index in [-0.39, 0.29) is 0 Å². The molecule has 5 heteroatoms. The summed E-state index contributed by atoms with van der Waals surface area (Å²) in [6.45, 7) is 4.17. The van der Waals surface area contributed by atoms with Crippen LogP contribution in [0, 0.1) is 0 Å². The van der Waals surface area contributed by atoms with Crippen LogP contribution in [0.2, 0.25) is 0 Å². The highest BCUT2D eigenvalue weighted by Crippen LogP contribution is 2.41. The summed E-state index contributed by atoms with van der Waals surface area (Å²) < 4.78 is 19.1. The van der Waals surface area contributed by atoms with E-state index in [0.717, 1.165) is 39.8 Å². The van der Waals surface area contributed by atoms with Gasteiger partial charge in [-0.05, 0) is 48.6 Å². The third-order valence-corrected chi connectivity index (χ3v) is 5.63. The average molecular weight is 417 g/mol. The van der Waals surface area contributed by atoms with Crippen molar-refractivity contribution in [1.82, 2.24) is 9.55 Å². The van der Waals surface area contributed by atoms with Gasteiger partial charge in [0.05, 0.1) is 19.8 Å². The third kappa shape index (κ3) is 4.50. The van der Waals surface area contributed by atoms with Gasteiger partial charge in [-0.3, -0.25) is 0 Å². The molecular weight excluding hydrogens is 388 g/mol. The van der Waals surface area contributed by atoms with Crippen LogP contribution in [0.3, 0.4) is 0 Å². The molecule has 31 heavy (non-hydrogen) atoms. The van der Waals surface area contributed by atoms with E-state index >= 15 is 0 Å². The van der Waals surface area contributed by atoms with Crippen molar-refractivity contribution >= 4 is 12.2 Å². The second kappa shape index (κ2) is 9.56. The Kier molecular flexibility index (Phi) is 6.41. The minimum atomic E-state index is 0.496. The van der Waals surface area contributed by atoms with Crippen LogP contribution in [0.25, 0.3) is 23.5 Å². The Morgan fingerprint density at radius 2 is 1.87 bits per heavy atom. The van der Waals surface area contributed by atoms with Crippen LogP contribution in [0.4, 0.5) is 0 Å². The molecule has 1 fully saturated rings. The van der Waals surface area contributed by atoms with Gasteiger partial charge in [-0.1, -0.05) is 36.9 Å². The Morgan fingerprint density at radius 3 is 2.52 bits per heavy atom. The average Bonchev–Trinajstić information content (AvgIpc) is 3.23. The first kappa shape index (κ1) is 20.8. The molecule has 0 bridgehead atoms. The minimum absolute atomic E-state index is 0.496. The maximum Gasteiger partial charge on any atom is 0.144 e. The minimum Gasteiger partial charge on any atom is -0.497 e. The van der Waals surface area contributed by atoms with E-state index in [9.17, 15) is 0 Å². The van der Waals surface area contributed by atoms with Gasteiger partial charge in [0.15, 0.2) is 0 Å². The number of hydrogen-bond acceptors (Lipinski definition) is 4. The number of methoxy groups -OCH3 is 2. The Balaban J connectivity index is 1.72. The smallest absolute Gasteiger partial charge is 0.144 e. The Morgan fingerprint density at radius 1 is 1.06 bits per heavy atom. The van der Waals surface area contributed by atoms with Gasteiger partial charge in [0.25, 0.3) is 0 Å². The SMILES string of the molecule is C=CCOc1ccc(C=Cc2cc(OC)cc(OC)c2-c2nccn2C2CCC2)cc1. The second-order valence-corrected chi connectivity index (χ2v) is 7.54. The largest absolute Gasteiger partial charge is 0.497 e. The topological polar surface area (TPSA) is 45.5 Å². The van der Waals surface area contributed by atoms with E-state index in [1.165, 1.54) is 19.3 Å². The summed E-state index contributed by atoms with van der Waals surface area (Å²) in [6, 6.07) is 12.4. The highest BCUT2D eigenvalue weighted by Gasteiger charge is 2.25. The van der Waals surface area contributed by atoms with Crippen LogP contribution >= 0.6 is 0 Å². The standard InChI is InChI=1S/C26H28N2O3/c1-4-16-31-22-12-9-19(10-13-22)8-11-20-17-23(29-2)18-24(30-3)25(20)26-27-14-15-28(26)21-6-5-7-21/h4,8-15,17-18,21H,1,5-7,16H2,2-3H3. The van der Waals surface area contributed by atoms with E-state index in [4.69, 9.17) is 19.2 Å². The molecule has 2 aromatic carbocycles. The summed E-state index contributed by atoms with van der Waals surface area (Å²) in [6.07, 6.45) is 13.5. The maximum absolute atomic E-state index is 5.75. The summed E-state index contributed by atoms with van der Waals surface area (Å²) in [5.74, 6) is 3.24. The lowest BCUT2D eigenvalue weighted by Crippen LogP contribution is -2.17. The zero-order valence-corrected chi connectivity index (χ0v) is 18.1. The van der Waals surface area contributed by atoms with Gasteiger partial charge in [0, 0.05) is 24.5 Å². The fraction of sp³-hybridized carbons (Fsp3) is 0.269. The van der Waals surface area contributed by atoms with Crippen LogP contribution < -0.4 is 14.2 Å². The van der Waals surface area contributed by atoms with Crippen molar-refractivity contribution in [3.05, 3.63) is 72.6 Å². The first-order valence-electron chi connectivity index (χ1n) is 10.5. The molecule has 160 valence electrons. The monoisotopic (exact) mass is 416 g/mol. The number of nitrogens with zero attached hydrogens (tertiary/aromatic N) is 2. The van der Waals surface area contributed by atoms with Crippen LogP contribution in [0.1, 0.15) is 36.4 Å². The summed E-state index contributed by atoms with van der Waals surface area (Å²) in [7, 11) is 3.35. The van der Waals surface area contributed by atoms with Gasteiger partial charge in [-0.2, -0.15) is 0 Å². The Bertz CT molecular complexity index is 1060. The van der Waals surface area contributed by atoms with Gasteiger partial charge in [-0.25, -0.2) is 4.98 Å². The summed E-state index contributed by atoms with van der Waals surface area (Å²) >= 11 is 0. The predicted octanol–water partition coefficient (Wildman–Crippen LogP) is 6.03. The molecule has 1 heterocycles. The van der Waals surface area contributed by atoms with E-state index < -0.39 is 0 Å². The van der Waals surface area contributed by atoms with Crippen LogP contribution in [-0.4, -0.2) is 30.4 Å². The van der Waals surface area contributed by atoms with Crippen molar-refractivity contribution in [2.75, 3.05) is 20.8 Å². The number of benzene rings is 2. The predicted molar refractivity (Wildman–Crippen MR) is 125 cm³/mol. The number of aromatic nitrogens is 2. The molecule has 4 rings (SSSR count). The van der Waals surface area contributed by atoms with Crippen LogP contribution in [0.15, 0.2) is 61.4 Å². The molecule has 1 aliphatic carbocycles. The molecule has 0 amide bonds. The van der Waals surface area contributed by atoms with E-state index in [1.54, 1.807) is 20.3 Å². The van der Waals surface area contributed by atoms with Crippen molar-refractivity contribution in [2.24, 2.45) is 0 Å². The molecule has 0 atom stereocenters. The van der Waals surface area contributed by atoms with E-state index in [1.807, 2.05) is 42.6 Å². The van der Waals surface area contributed by atoms with Gasteiger partial charge in [0.1, 0.15) is 29.7 Å². The number of imidazole rings is 1. The van der Waals surface area contributed by atoms with Crippen LogP contribution in [-0.2, 0) is 0 Å². The van der Waals surface area contributed by atoms with Crippen molar-refractivity contribution in [2.45, 2.75) is 25.3 Å². The molecule has 5 nitrogen and oxygen atoms in total. The fourth-order valence-corrected chi connectivity index (χ4v) is 3.74. The Hall–Kier alpha value is -3.47. The van der Waals surface area contributed by atoms with Crippen molar-refractivity contribution in [1.29, 1.82) is 0 Å². The molecule has 0 aliphatic heterocycles. The fourth-order valence-electron chi connectivity index (χ4n) is 3.74. The zero-order chi connectivity index (χ0) is 21.6. The molecule has 0 saturated heterocycles. The molecule has 1 aromatic heterocycles. The molecule has 0 radical (unpaired) electrons. The molecule has 1 aliphatic rings. The highest BCUT2D eigenvalue weighted by atomic mass is 16.5. The van der Waals surface area contributed by atoms with Gasteiger partial charge >= 0.3 is 0 Å². The lowest BCUT2D eigenvalue weighted by molar-refractivity contribution is 0.315. The molecule has 1 saturated carbocycles. The third-order valence-electron chi connectivity index (χ3n) is 5.63. The highest BCUT2D eigenvalue weighted by molar-refractivity contribution is 5.83. The van der Waals surface area contributed by atoms with Crippen molar-refractivity contribution in [3.63, 3.8) is 0 Å². The molecule has 0 spiro atoms. The lowest BCUT2D eigenvalue weighted by Gasteiger charge is -2.29. The maximum atomic E-state index is 5.75. The Labute approximate surface area is 183 Å². The number of hydrogen-bond donors (Lipinski definition) is 0. The van der Waals surface area contributed by atoms with Crippen molar-refractivity contribution < 1.29 is 14.2 Å².